The van der Waals surface area contributed by atoms with Gasteiger partial charge in [-0.3, -0.25) is 14.5 Å². The Hall–Kier alpha value is -2.79. The Kier molecular flexibility index (Phi) is 7.15. The maximum atomic E-state index is 13.1. The van der Waals surface area contributed by atoms with Crippen molar-refractivity contribution in [2.75, 3.05) is 13.7 Å². The zero-order chi connectivity index (χ0) is 22.5. The van der Waals surface area contributed by atoms with E-state index in [9.17, 15) is 4.79 Å². The van der Waals surface area contributed by atoms with E-state index in [4.69, 9.17) is 4.74 Å². The van der Waals surface area contributed by atoms with Gasteiger partial charge in [-0.05, 0) is 67.7 Å². The van der Waals surface area contributed by atoms with Crippen molar-refractivity contribution >= 4 is 5.78 Å². The Morgan fingerprint density at radius 3 is 2.69 bits per heavy atom. The van der Waals surface area contributed by atoms with Crippen LogP contribution in [0.15, 0.2) is 54.7 Å². The van der Waals surface area contributed by atoms with Gasteiger partial charge in [0.05, 0.1) is 5.69 Å². The van der Waals surface area contributed by atoms with Crippen LogP contribution in [-0.2, 0) is 23.0 Å². The van der Waals surface area contributed by atoms with Crippen molar-refractivity contribution in [2.45, 2.75) is 44.9 Å². The molecule has 168 valence electrons. The van der Waals surface area contributed by atoms with Crippen LogP contribution in [-0.4, -0.2) is 34.3 Å². The lowest BCUT2D eigenvalue weighted by molar-refractivity contribution is -0.119. The number of hydrogen-bond donors (Lipinski definition) is 0. The third-order valence-corrected chi connectivity index (χ3v) is 6.80. The fourth-order valence-electron chi connectivity index (χ4n) is 5.09. The summed E-state index contributed by atoms with van der Waals surface area (Å²) in [4.78, 5) is 17.5. The van der Waals surface area contributed by atoms with E-state index in [1.54, 1.807) is 7.11 Å². The van der Waals surface area contributed by atoms with Gasteiger partial charge in [0.15, 0.2) is 0 Å². The number of aromatic nitrogens is 3. The molecule has 0 amide bonds. The van der Waals surface area contributed by atoms with Crippen LogP contribution in [0.5, 0.6) is 0 Å². The highest BCUT2D eigenvalue weighted by atomic mass is 16.5. The van der Waals surface area contributed by atoms with E-state index in [1.807, 2.05) is 43.0 Å². The summed E-state index contributed by atoms with van der Waals surface area (Å²) in [6.07, 6.45) is 6.19. The molecule has 1 aromatic carbocycles. The average Bonchev–Trinajstić information content (AvgIpc) is 3.36. The summed E-state index contributed by atoms with van der Waals surface area (Å²) in [7, 11) is 3.68. The van der Waals surface area contributed by atoms with Gasteiger partial charge in [0.25, 0.3) is 0 Å². The molecule has 0 radical (unpaired) electrons. The number of carbonyl (C=O) groups excluding carboxylic acids is 1. The van der Waals surface area contributed by atoms with Crippen LogP contribution < -0.4 is 0 Å². The molecule has 32 heavy (non-hydrogen) atoms. The fourth-order valence-corrected chi connectivity index (χ4v) is 5.09. The van der Waals surface area contributed by atoms with E-state index in [0.29, 0.717) is 36.4 Å². The first-order chi connectivity index (χ1) is 15.5. The Balaban J connectivity index is 1.44. The molecule has 3 atom stereocenters. The molecule has 1 aliphatic rings. The van der Waals surface area contributed by atoms with Gasteiger partial charge in [-0.2, -0.15) is 5.10 Å². The molecule has 5 heteroatoms. The summed E-state index contributed by atoms with van der Waals surface area (Å²) in [5.41, 5.74) is 5.14. The molecule has 0 bridgehead atoms. The third-order valence-electron chi connectivity index (χ3n) is 6.80. The van der Waals surface area contributed by atoms with Gasteiger partial charge in [0.2, 0.25) is 0 Å². The second-order valence-corrected chi connectivity index (χ2v) is 9.15. The Labute approximate surface area is 190 Å². The van der Waals surface area contributed by atoms with Gasteiger partial charge >= 0.3 is 0 Å². The molecular formula is C27H33N3O2. The van der Waals surface area contributed by atoms with Gasteiger partial charge in [0.1, 0.15) is 5.78 Å². The molecule has 0 spiro atoms. The number of hydrogen-bond acceptors (Lipinski definition) is 4. The van der Waals surface area contributed by atoms with Crippen molar-refractivity contribution in [3.63, 3.8) is 0 Å². The fraction of sp³-hybridized carbons (Fsp3) is 0.444. The smallest absolute Gasteiger partial charge is 0.139 e. The highest BCUT2D eigenvalue weighted by Gasteiger charge is 2.36. The van der Waals surface area contributed by atoms with E-state index in [1.165, 1.54) is 5.56 Å². The molecule has 0 N–H and O–H groups in total. The first kappa shape index (κ1) is 22.4. The predicted octanol–water partition coefficient (Wildman–Crippen LogP) is 5.14. The van der Waals surface area contributed by atoms with Crippen molar-refractivity contribution in [1.29, 1.82) is 0 Å². The van der Waals surface area contributed by atoms with E-state index >= 15 is 0 Å². The SMILES string of the molecule is COCCC1C[C@@H](CC(=O)Cc2cc(-c3ccc(C)nc3)nn2C)[C@H](c2ccccc2)C1. The molecule has 2 heterocycles. The predicted molar refractivity (Wildman–Crippen MR) is 126 cm³/mol. The molecule has 5 nitrogen and oxygen atoms in total. The van der Waals surface area contributed by atoms with Gasteiger partial charge in [-0.25, -0.2) is 0 Å². The number of carbonyl (C=O) groups is 1. The van der Waals surface area contributed by atoms with Crippen LogP contribution in [0.4, 0.5) is 0 Å². The monoisotopic (exact) mass is 431 g/mol. The summed E-state index contributed by atoms with van der Waals surface area (Å²) in [5.74, 6) is 1.75. The number of methoxy groups -OCH3 is 1. The zero-order valence-electron chi connectivity index (χ0n) is 19.3. The summed E-state index contributed by atoms with van der Waals surface area (Å²) in [5, 5.41) is 4.61. The number of aryl methyl sites for hydroxylation is 2. The lowest BCUT2D eigenvalue weighted by Gasteiger charge is -2.19. The van der Waals surface area contributed by atoms with Crippen LogP contribution >= 0.6 is 0 Å². The number of pyridine rings is 1. The Bertz CT molecular complexity index is 1030. The quantitative estimate of drug-likeness (QED) is 0.471. The van der Waals surface area contributed by atoms with Crippen LogP contribution in [0.3, 0.4) is 0 Å². The normalized spacial score (nSPS) is 20.5. The van der Waals surface area contributed by atoms with Crippen molar-refractivity contribution < 1.29 is 9.53 Å². The molecule has 4 rings (SSSR count). The highest BCUT2D eigenvalue weighted by molar-refractivity contribution is 5.81. The number of nitrogens with zero attached hydrogens (tertiary/aromatic N) is 3. The van der Waals surface area contributed by atoms with E-state index in [-0.39, 0.29) is 0 Å². The average molecular weight is 432 g/mol. The lowest BCUT2D eigenvalue weighted by atomic mass is 9.85. The van der Waals surface area contributed by atoms with Gasteiger partial charge < -0.3 is 4.74 Å². The van der Waals surface area contributed by atoms with Crippen molar-refractivity contribution in [1.82, 2.24) is 14.8 Å². The summed E-state index contributed by atoms with van der Waals surface area (Å²) in [6.45, 7) is 2.76. The molecule has 1 fully saturated rings. The number of ether oxygens (including phenoxy) is 1. The molecule has 3 aromatic rings. The van der Waals surface area contributed by atoms with Crippen LogP contribution in [0.1, 0.15) is 48.6 Å². The van der Waals surface area contributed by atoms with Crippen LogP contribution in [0.25, 0.3) is 11.3 Å². The molecule has 1 aliphatic carbocycles. The van der Waals surface area contributed by atoms with Crippen LogP contribution in [0.2, 0.25) is 0 Å². The van der Waals surface area contributed by atoms with Gasteiger partial charge in [-0.1, -0.05) is 30.3 Å². The minimum atomic E-state index is 0.292. The molecule has 2 aromatic heterocycles. The topological polar surface area (TPSA) is 57.0 Å². The van der Waals surface area contributed by atoms with E-state index in [2.05, 4.69) is 40.4 Å². The largest absolute Gasteiger partial charge is 0.385 e. The maximum Gasteiger partial charge on any atom is 0.139 e. The molecular weight excluding hydrogens is 398 g/mol. The van der Waals surface area contributed by atoms with E-state index < -0.39 is 0 Å². The second kappa shape index (κ2) is 10.2. The van der Waals surface area contributed by atoms with Crippen molar-refractivity contribution in [2.24, 2.45) is 18.9 Å². The maximum absolute atomic E-state index is 13.1. The van der Waals surface area contributed by atoms with Crippen LogP contribution in [0, 0.1) is 18.8 Å². The highest BCUT2D eigenvalue weighted by Crippen LogP contribution is 2.46. The summed E-state index contributed by atoms with van der Waals surface area (Å²) in [6, 6.07) is 16.7. The first-order valence-electron chi connectivity index (χ1n) is 11.5. The summed E-state index contributed by atoms with van der Waals surface area (Å²) >= 11 is 0. The van der Waals surface area contributed by atoms with Crippen molar-refractivity contribution in [3.05, 3.63) is 71.7 Å². The molecule has 0 saturated heterocycles. The molecule has 1 saturated carbocycles. The zero-order valence-corrected chi connectivity index (χ0v) is 19.3. The standard InChI is InChI=1S/C27H33N3O2/c1-19-9-10-22(18-28-19)27-17-24(30(2)29-27)16-25(31)15-23-13-20(11-12-32-3)14-26(23)21-7-5-4-6-8-21/h4-10,17-18,20,23,26H,11-16H2,1-3H3/t20?,23-,26-/m0/s1. The molecule has 1 unspecified atom stereocenters. The Morgan fingerprint density at radius 1 is 1.16 bits per heavy atom. The third kappa shape index (κ3) is 5.33. The van der Waals surface area contributed by atoms with Gasteiger partial charge in [0, 0.05) is 56.8 Å². The second-order valence-electron chi connectivity index (χ2n) is 9.15. The minimum absolute atomic E-state index is 0.292. The number of ketones is 1. The minimum Gasteiger partial charge on any atom is -0.385 e. The van der Waals surface area contributed by atoms with Gasteiger partial charge in [-0.15, -0.1) is 0 Å². The Morgan fingerprint density at radius 2 is 1.97 bits per heavy atom. The number of Topliss-reactive ketones (excluding diaryl/α,β-unsaturated/α-hetero) is 1. The van der Waals surface area contributed by atoms with Crippen molar-refractivity contribution in [3.8, 4) is 11.3 Å². The lowest BCUT2D eigenvalue weighted by Crippen LogP contribution is -2.15. The number of rotatable bonds is 9. The molecule has 0 aliphatic heterocycles. The number of benzene rings is 1. The van der Waals surface area contributed by atoms with E-state index in [0.717, 1.165) is 48.5 Å². The summed E-state index contributed by atoms with van der Waals surface area (Å²) < 4.78 is 7.15. The first-order valence-corrected chi connectivity index (χ1v) is 11.5.